The summed E-state index contributed by atoms with van der Waals surface area (Å²) in [5.41, 5.74) is 0. The zero-order valence-corrected chi connectivity index (χ0v) is 13.0. The Morgan fingerprint density at radius 1 is 1.11 bits per heavy atom. The molecule has 18 heavy (non-hydrogen) atoms. The van der Waals surface area contributed by atoms with Crippen LogP contribution in [0.1, 0.15) is 12.8 Å². The van der Waals surface area contributed by atoms with Crippen LogP contribution in [-0.4, -0.2) is 70.0 Å². The topological polar surface area (TPSA) is 30.9 Å². The van der Waals surface area contributed by atoms with Crippen LogP contribution in [-0.2, 0) is 14.2 Å². The Hall–Kier alpha value is 0.320. The van der Waals surface area contributed by atoms with E-state index in [4.69, 9.17) is 14.2 Å². The monoisotopic (exact) mass is 323 g/mol. The molecular formula is C13H26BrNO3. The number of alkyl halides is 1. The second-order valence-corrected chi connectivity index (χ2v) is 5.44. The van der Waals surface area contributed by atoms with Crippen molar-refractivity contribution in [3.05, 3.63) is 0 Å². The van der Waals surface area contributed by atoms with Crippen molar-refractivity contribution < 1.29 is 14.2 Å². The van der Waals surface area contributed by atoms with Crippen molar-refractivity contribution in [2.24, 2.45) is 5.92 Å². The fraction of sp³-hybridized carbons (Fsp3) is 1.00. The summed E-state index contributed by atoms with van der Waals surface area (Å²) in [6.45, 7) is 6.98. The number of hydrogen-bond acceptors (Lipinski definition) is 4. The molecule has 0 saturated carbocycles. The van der Waals surface area contributed by atoms with Crippen molar-refractivity contribution in [1.29, 1.82) is 0 Å². The SMILES string of the molecule is COCCOCCOCCN1CCC(CCBr)C1. The second-order valence-electron chi connectivity index (χ2n) is 4.65. The summed E-state index contributed by atoms with van der Waals surface area (Å²) in [4.78, 5) is 2.50. The molecule has 1 aliphatic heterocycles. The maximum atomic E-state index is 5.55. The van der Waals surface area contributed by atoms with Gasteiger partial charge in [0, 0.05) is 25.5 Å². The van der Waals surface area contributed by atoms with Crippen molar-refractivity contribution in [3.63, 3.8) is 0 Å². The zero-order chi connectivity index (χ0) is 13.1. The first-order chi connectivity index (χ1) is 8.86. The van der Waals surface area contributed by atoms with Crippen LogP contribution in [0.3, 0.4) is 0 Å². The zero-order valence-electron chi connectivity index (χ0n) is 11.4. The van der Waals surface area contributed by atoms with E-state index in [1.165, 1.54) is 25.9 Å². The van der Waals surface area contributed by atoms with Gasteiger partial charge in [-0.25, -0.2) is 0 Å². The molecule has 0 aromatic heterocycles. The Morgan fingerprint density at radius 3 is 2.56 bits per heavy atom. The molecule has 0 aromatic carbocycles. The Labute approximate surface area is 119 Å². The van der Waals surface area contributed by atoms with Crippen LogP contribution in [0.25, 0.3) is 0 Å². The molecule has 1 aliphatic rings. The summed E-state index contributed by atoms with van der Waals surface area (Å²) in [5, 5.41) is 1.13. The van der Waals surface area contributed by atoms with Crippen LogP contribution in [0.5, 0.6) is 0 Å². The number of methoxy groups -OCH3 is 1. The Morgan fingerprint density at radius 2 is 1.83 bits per heavy atom. The lowest BCUT2D eigenvalue weighted by molar-refractivity contribution is 0.0206. The van der Waals surface area contributed by atoms with Crippen LogP contribution >= 0.6 is 15.9 Å². The van der Waals surface area contributed by atoms with Gasteiger partial charge >= 0.3 is 0 Å². The van der Waals surface area contributed by atoms with Gasteiger partial charge in [-0.1, -0.05) is 15.9 Å². The molecule has 1 unspecified atom stereocenters. The summed E-state index contributed by atoms with van der Waals surface area (Å²) in [5.74, 6) is 0.877. The van der Waals surface area contributed by atoms with Crippen molar-refractivity contribution in [3.8, 4) is 0 Å². The van der Waals surface area contributed by atoms with E-state index in [0.717, 1.165) is 24.4 Å². The average molecular weight is 324 g/mol. The molecule has 0 N–H and O–H groups in total. The Kier molecular flexibility index (Phi) is 10.2. The number of ether oxygens (including phenoxy) is 3. The summed E-state index contributed by atoms with van der Waals surface area (Å²) in [7, 11) is 1.68. The first-order valence-electron chi connectivity index (χ1n) is 6.79. The Balaban J connectivity index is 1.84. The van der Waals surface area contributed by atoms with Crippen molar-refractivity contribution >= 4 is 15.9 Å². The van der Waals surface area contributed by atoms with E-state index in [0.29, 0.717) is 26.4 Å². The molecule has 4 nitrogen and oxygen atoms in total. The number of halogens is 1. The first kappa shape index (κ1) is 16.4. The fourth-order valence-electron chi connectivity index (χ4n) is 2.16. The van der Waals surface area contributed by atoms with Crippen LogP contribution in [0.4, 0.5) is 0 Å². The molecule has 1 heterocycles. The second kappa shape index (κ2) is 11.2. The number of nitrogens with zero attached hydrogens (tertiary/aromatic N) is 1. The maximum Gasteiger partial charge on any atom is 0.0701 e. The van der Waals surface area contributed by atoms with E-state index in [-0.39, 0.29) is 0 Å². The van der Waals surface area contributed by atoms with Gasteiger partial charge in [-0.15, -0.1) is 0 Å². The van der Waals surface area contributed by atoms with E-state index in [1.54, 1.807) is 7.11 Å². The minimum Gasteiger partial charge on any atom is -0.382 e. The van der Waals surface area contributed by atoms with E-state index in [9.17, 15) is 0 Å². The van der Waals surface area contributed by atoms with Gasteiger partial charge in [0.25, 0.3) is 0 Å². The number of hydrogen-bond donors (Lipinski definition) is 0. The summed E-state index contributed by atoms with van der Waals surface area (Å²) in [6.07, 6.45) is 2.64. The van der Waals surface area contributed by atoms with Gasteiger partial charge in [0.15, 0.2) is 0 Å². The molecule has 1 saturated heterocycles. The minimum absolute atomic E-state index is 0.653. The van der Waals surface area contributed by atoms with Crippen LogP contribution in [0.2, 0.25) is 0 Å². The highest BCUT2D eigenvalue weighted by molar-refractivity contribution is 9.09. The lowest BCUT2D eigenvalue weighted by atomic mass is 10.1. The van der Waals surface area contributed by atoms with Crippen LogP contribution in [0, 0.1) is 5.92 Å². The predicted octanol–water partition coefficient (Wildman–Crippen LogP) is 1.77. The molecule has 1 atom stereocenters. The van der Waals surface area contributed by atoms with Crippen LogP contribution < -0.4 is 0 Å². The van der Waals surface area contributed by atoms with Gasteiger partial charge in [0.05, 0.1) is 33.0 Å². The third kappa shape index (κ3) is 7.69. The van der Waals surface area contributed by atoms with E-state index >= 15 is 0 Å². The van der Waals surface area contributed by atoms with Crippen LogP contribution in [0.15, 0.2) is 0 Å². The largest absolute Gasteiger partial charge is 0.382 e. The van der Waals surface area contributed by atoms with Gasteiger partial charge in [-0.2, -0.15) is 0 Å². The molecular weight excluding hydrogens is 298 g/mol. The third-order valence-electron chi connectivity index (χ3n) is 3.24. The molecule has 0 amide bonds. The maximum absolute atomic E-state index is 5.55. The normalized spacial score (nSPS) is 20.7. The van der Waals surface area contributed by atoms with E-state index in [2.05, 4.69) is 20.8 Å². The summed E-state index contributed by atoms with van der Waals surface area (Å²) < 4.78 is 15.8. The molecule has 0 spiro atoms. The third-order valence-corrected chi connectivity index (χ3v) is 3.70. The molecule has 0 bridgehead atoms. The Bertz CT molecular complexity index is 195. The minimum atomic E-state index is 0.653. The molecule has 5 heteroatoms. The first-order valence-corrected chi connectivity index (χ1v) is 7.91. The van der Waals surface area contributed by atoms with Gasteiger partial charge in [0.1, 0.15) is 0 Å². The molecule has 0 aliphatic carbocycles. The quantitative estimate of drug-likeness (QED) is 0.428. The predicted molar refractivity (Wildman–Crippen MR) is 76.5 cm³/mol. The van der Waals surface area contributed by atoms with Gasteiger partial charge in [0.2, 0.25) is 0 Å². The summed E-state index contributed by atoms with van der Waals surface area (Å²) >= 11 is 3.51. The summed E-state index contributed by atoms with van der Waals surface area (Å²) in [6, 6.07) is 0. The molecule has 108 valence electrons. The highest BCUT2D eigenvalue weighted by Crippen LogP contribution is 2.19. The lowest BCUT2D eigenvalue weighted by Gasteiger charge is -2.15. The molecule has 1 rings (SSSR count). The highest BCUT2D eigenvalue weighted by Gasteiger charge is 2.20. The number of rotatable bonds is 11. The lowest BCUT2D eigenvalue weighted by Crippen LogP contribution is -2.25. The smallest absolute Gasteiger partial charge is 0.0701 e. The van der Waals surface area contributed by atoms with Gasteiger partial charge in [-0.3, -0.25) is 0 Å². The van der Waals surface area contributed by atoms with E-state index in [1.807, 2.05) is 0 Å². The molecule has 0 radical (unpaired) electrons. The van der Waals surface area contributed by atoms with Crippen molar-refractivity contribution in [2.75, 3.05) is 65.1 Å². The highest BCUT2D eigenvalue weighted by atomic mass is 79.9. The van der Waals surface area contributed by atoms with Crippen molar-refractivity contribution in [1.82, 2.24) is 4.90 Å². The fourth-order valence-corrected chi connectivity index (χ4v) is 2.81. The standard InChI is InChI=1S/C13H26BrNO3/c1-16-8-9-18-11-10-17-7-6-15-5-3-13(12-15)2-4-14/h13H,2-12H2,1H3. The number of likely N-dealkylation sites (tertiary alicyclic amines) is 1. The average Bonchev–Trinajstić information content (AvgIpc) is 2.81. The molecule has 1 fully saturated rings. The molecule has 0 aromatic rings. The van der Waals surface area contributed by atoms with Gasteiger partial charge in [-0.05, 0) is 25.3 Å². The van der Waals surface area contributed by atoms with Crippen molar-refractivity contribution in [2.45, 2.75) is 12.8 Å². The van der Waals surface area contributed by atoms with E-state index < -0.39 is 0 Å². The van der Waals surface area contributed by atoms with Gasteiger partial charge < -0.3 is 19.1 Å².